The summed E-state index contributed by atoms with van der Waals surface area (Å²) < 4.78 is 33.5. The van der Waals surface area contributed by atoms with E-state index in [0.29, 0.717) is 12.8 Å². The lowest BCUT2D eigenvalue weighted by Gasteiger charge is -2.41. The Balaban J connectivity index is 2.46. The summed E-state index contributed by atoms with van der Waals surface area (Å²) in [5.41, 5.74) is 0. The van der Waals surface area contributed by atoms with E-state index in [-0.39, 0.29) is 12.8 Å². The van der Waals surface area contributed by atoms with Crippen LogP contribution in [-0.4, -0.2) is 98.3 Å². The van der Waals surface area contributed by atoms with Gasteiger partial charge in [-0.15, -0.1) is 0 Å². The van der Waals surface area contributed by atoms with Gasteiger partial charge in [0, 0.05) is 12.8 Å². The van der Waals surface area contributed by atoms with Gasteiger partial charge in [-0.2, -0.15) is 0 Å². The molecule has 60 heavy (non-hydrogen) atoms. The van der Waals surface area contributed by atoms with Crippen molar-refractivity contribution in [2.24, 2.45) is 0 Å². The highest BCUT2D eigenvalue weighted by Crippen LogP contribution is 2.47. The number of phosphoric ester groups is 1. The molecule has 1 fully saturated rings. The molecule has 0 radical (unpaired) electrons. The Hall–Kier alpha value is -1.93. The molecule has 0 aromatic rings. The van der Waals surface area contributed by atoms with Gasteiger partial charge in [-0.3, -0.25) is 18.6 Å². The molecule has 6 unspecified atom stereocenters. The quantitative estimate of drug-likeness (QED) is 0.0148. The zero-order valence-corrected chi connectivity index (χ0v) is 37.9. The van der Waals surface area contributed by atoms with Crippen LogP contribution in [0, 0.1) is 0 Å². The summed E-state index contributed by atoms with van der Waals surface area (Å²) in [6.45, 7) is 3.18. The maximum Gasteiger partial charge on any atom is 0.472 e. The van der Waals surface area contributed by atoms with Crippen LogP contribution in [0.2, 0.25) is 0 Å². The van der Waals surface area contributed by atoms with Crippen LogP contribution in [0.5, 0.6) is 0 Å². The number of carbonyl (C=O) groups excluding carboxylic acids is 2. The first-order valence-corrected chi connectivity index (χ1v) is 24.8. The topological polar surface area (TPSA) is 210 Å². The SMILES string of the molecule is CC/C=C/C/C=C/C/C=C/CCCCCCCC(=O)OC[C@H](COP(=O)(O)OC1C(O)C(O)C(O)[C@@H](O)C1O)OC(=O)CCCCCCCCCCCCCCCCCC. The van der Waals surface area contributed by atoms with Crippen molar-refractivity contribution in [2.45, 2.75) is 230 Å². The summed E-state index contributed by atoms with van der Waals surface area (Å²) in [4.78, 5) is 35.7. The van der Waals surface area contributed by atoms with Crippen LogP contribution in [0.3, 0.4) is 0 Å². The third kappa shape index (κ3) is 28.6. The minimum absolute atomic E-state index is 0.0958. The van der Waals surface area contributed by atoms with Gasteiger partial charge in [0.2, 0.25) is 0 Å². The van der Waals surface area contributed by atoms with E-state index in [1.165, 1.54) is 70.6 Å². The van der Waals surface area contributed by atoms with Crippen molar-refractivity contribution in [3.05, 3.63) is 36.5 Å². The van der Waals surface area contributed by atoms with Gasteiger partial charge in [-0.25, -0.2) is 4.57 Å². The normalized spacial score (nSPS) is 22.5. The van der Waals surface area contributed by atoms with E-state index in [0.717, 1.165) is 77.0 Å². The van der Waals surface area contributed by atoms with Crippen molar-refractivity contribution < 1.29 is 63.1 Å². The summed E-state index contributed by atoms with van der Waals surface area (Å²) >= 11 is 0. The molecule has 0 saturated heterocycles. The first-order valence-electron chi connectivity index (χ1n) is 23.3. The lowest BCUT2D eigenvalue weighted by molar-refractivity contribution is -0.220. The highest BCUT2D eigenvalue weighted by atomic mass is 31.2. The fourth-order valence-corrected chi connectivity index (χ4v) is 7.98. The van der Waals surface area contributed by atoms with Gasteiger partial charge in [-0.05, 0) is 44.9 Å². The molecule has 0 bridgehead atoms. The third-order valence-electron chi connectivity index (χ3n) is 10.7. The van der Waals surface area contributed by atoms with Gasteiger partial charge in [0.25, 0.3) is 0 Å². The van der Waals surface area contributed by atoms with Crippen molar-refractivity contribution in [3.63, 3.8) is 0 Å². The number of carbonyl (C=O) groups is 2. The zero-order chi connectivity index (χ0) is 44.3. The first kappa shape index (κ1) is 56.1. The van der Waals surface area contributed by atoms with Gasteiger partial charge in [0.1, 0.15) is 43.2 Å². The molecule has 6 N–H and O–H groups in total. The minimum Gasteiger partial charge on any atom is -0.462 e. The van der Waals surface area contributed by atoms with Crippen LogP contribution in [0.4, 0.5) is 0 Å². The predicted molar refractivity (Wildman–Crippen MR) is 235 cm³/mol. The van der Waals surface area contributed by atoms with Gasteiger partial charge in [0.15, 0.2) is 6.10 Å². The molecule has 0 spiro atoms. The second-order valence-corrected chi connectivity index (χ2v) is 17.6. The summed E-state index contributed by atoms with van der Waals surface area (Å²) in [7, 11) is -5.12. The Morgan fingerprint density at radius 3 is 1.45 bits per heavy atom. The molecule has 0 aromatic carbocycles. The fourth-order valence-electron chi connectivity index (χ4n) is 7.01. The van der Waals surface area contributed by atoms with Crippen LogP contribution in [0.15, 0.2) is 36.5 Å². The Bertz CT molecular complexity index is 1190. The molecule has 0 amide bonds. The monoisotopic (exact) mass is 875 g/mol. The van der Waals surface area contributed by atoms with E-state index >= 15 is 0 Å². The van der Waals surface area contributed by atoms with Crippen LogP contribution in [0.1, 0.15) is 187 Å². The second kappa shape index (κ2) is 36.5. The van der Waals surface area contributed by atoms with Gasteiger partial charge < -0.3 is 39.9 Å². The van der Waals surface area contributed by atoms with Gasteiger partial charge in [0.05, 0.1) is 6.61 Å². The van der Waals surface area contributed by atoms with Crippen LogP contribution in [-0.2, 0) is 32.7 Å². The molecule has 1 aliphatic rings. The Morgan fingerprint density at radius 2 is 0.950 bits per heavy atom. The van der Waals surface area contributed by atoms with Crippen molar-refractivity contribution in [1.29, 1.82) is 0 Å². The lowest BCUT2D eigenvalue weighted by atomic mass is 9.85. The molecule has 14 heteroatoms. The number of unbranched alkanes of at least 4 members (excludes halogenated alkanes) is 20. The van der Waals surface area contributed by atoms with Crippen molar-refractivity contribution in [1.82, 2.24) is 0 Å². The van der Waals surface area contributed by atoms with Gasteiger partial charge >= 0.3 is 19.8 Å². The molecule has 13 nitrogen and oxygen atoms in total. The maximum absolute atomic E-state index is 12.8. The summed E-state index contributed by atoms with van der Waals surface area (Å²) in [6.07, 6.45) is 27.7. The molecule has 1 rings (SSSR count). The number of phosphoric acid groups is 1. The number of aliphatic hydroxyl groups excluding tert-OH is 5. The summed E-state index contributed by atoms with van der Waals surface area (Å²) in [6, 6.07) is 0. The minimum atomic E-state index is -5.12. The maximum atomic E-state index is 12.8. The molecular formula is C46H83O13P. The molecule has 350 valence electrons. The van der Waals surface area contributed by atoms with E-state index in [2.05, 4.69) is 50.3 Å². The number of hydrogen-bond donors (Lipinski definition) is 6. The zero-order valence-electron chi connectivity index (χ0n) is 37.0. The fraction of sp³-hybridized carbons (Fsp3) is 0.826. The van der Waals surface area contributed by atoms with E-state index in [1.807, 2.05) is 0 Å². The summed E-state index contributed by atoms with van der Waals surface area (Å²) in [5, 5.41) is 50.1. The smallest absolute Gasteiger partial charge is 0.462 e. The average molecular weight is 875 g/mol. The third-order valence-corrected chi connectivity index (χ3v) is 11.7. The van der Waals surface area contributed by atoms with Gasteiger partial charge in [-0.1, -0.05) is 166 Å². The number of esters is 2. The average Bonchev–Trinajstić information content (AvgIpc) is 3.23. The predicted octanol–water partition coefficient (Wildman–Crippen LogP) is 9.00. The molecule has 8 atom stereocenters. The summed E-state index contributed by atoms with van der Waals surface area (Å²) in [5.74, 6) is -1.11. The highest BCUT2D eigenvalue weighted by molar-refractivity contribution is 7.47. The Kier molecular flexibility index (Phi) is 34.2. The van der Waals surface area contributed by atoms with Crippen LogP contribution < -0.4 is 0 Å². The Labute approximate surface area is 361 Å². The molecular weight excluding hydrogens is 791 g/mol. The molecule has 1 saturated carbocycles. The van der Waals surface area contributed by atoms with Crippen LogP contribution >= 0.6 is 7.82 Å². The number of rotatable bonds is 38. The molecule has 1 aliphatic carbocycles. The standard InChI is InChI=1S/C46H83O13P/c1-3-5-7-9-11-13-15-17-19-21-23-25-27-29-31-33-35-40(48)58-38(37-57-60(54,55)59-46-44(52)42(50)41(49)43(51)45(46)53)36-56-39(47)34-32-30-28-26-24-22-20-18-16-14-12-10-8-6-4-2/h6,8,12,14,18,20,38,41-46,49-53H,3-5,7,9-11,13,15-17,19,21-37H2,1-2H3,(H,54,55)/b8-6+,14-12+,20-18+/t38-,41?,42-,43?,44?,45?,46?/m1/s1. The highest BCUT2D eigenvalue weighted by Gasteiger charge is 2.51. The Morgan fingerprint density at radius 1 is 0.533 bits per heavy atom. The lowest BCUT2D eigenvalue weighted by Crippen LogP contribution is -2.64. The van der Waals surface area contributed by atoms with E-state index in [4.69, 9.17) is 18.5 Å². The molecule has 0 aromatic heterocycles. The van der Waals surface area contributed by atoms with E-state index in [1.54, 1.807) is 0 Å². The van der Waals surface area contributed by atoms with E-state index in [9.17, 15) is 44.6 Å². The van der Waals surface area contributed by atoms with E-state index < -0.39 is 75.7 Å². The van der Waals surface area contributed by atoms with Crippen molar-refractivity contribution in [2.75, 3.05) is 13.2 Å². The largest absolute Gasteiger partial charge is 0.472 e. The van der Waals surface area contributed by atoms with Crippen molar-refractivity contribution >= 4 is 19.8 Å². The molecule has 0 aliphatic heterocycles. The number of ether oxygens (including phenoxy) is 2. The number of allylic oxidation sites excluding steroid dienone is 6. The molecule has 0 heterocycles. The van der Waals surface area contributed by atoms with Crippen LogP contribution in [0.25, 0.3) is 0 Å². The number of aliphatic hydroxyl groups is 5. The first-order chi connectivity index (χ1) is 28.9. The number of hydrogen-bond acceptors (Lipinski definition) is 12. The second-order valence-electron chi connectivity index (χ2n) is 16.2. The van der Waals surface area contributed by atoms with Crippen molar-refractivity contribution in [3.8, 4) is 0 Å².